The van der Waals surface area contributed by atoms with Gasteiger partial charge in [0.15, 0.2) is 0 Å². The van der Waals surface area contributed by atoms with Crippen LogP contribution in [0.25, 0.3) is 0 Å². The number of nitrogen functional groups attached to an aromatic ring is 1. The maximum Gasteiger partial charge on any atom is 0.253 e. The highest BCUT2D eigenvalue weighted by molar-refractivity contribution is 5.99. The van der Waals surface area contributed by atoms with Gasteiger partial charge in [0.05, 0.1) is 11.3 Å². The number of para-hydroxylation sites is 1. The van der Waals surface area contributed by atoms with Gasteiger partial charge in [0.25, 0.3) is 5.91 Å². The highest BCUT2D eigenvalue weighted by Gasteiger charge is 2.39. The predicted molar refractivity (Wildman–Crippen MR) is 73.4 cm³/mol. The number of nitrogens with one attached hydrogen (secondary N) is 1. The summed E-state index contributed by atoms with van der Waals surface area (Å²) in [5.41, 5.74) is 5.73. The second kappa shape index (κ2) is 5.17. The second-order valence-corrected chi connectivity index (χ2v) is 5.36. The molecule has 0 bridgehead atoms. The van der Waals surface area contributed by atoms with E-state index in [2.05, 4.69) is 10.2 Å². The van der Waals surface area contributed by atoms with Crippen molar-refractivity contribution in [3.05, 3.63) is 29.6 Å². The van der Waals surface area contributed by atoms with Crippen LogP contribution in [0.4, 0.5) is 10.1 Å². The van der Waals surface area contributed by atoms with Crippen molar-refractivity contribution in [2.45, 2.75) is 24.8 Å². The highest BCUT2D eigenvalue weighted by Crippen LogP contribution is 2.35. The highest BCUT2D eigenvalue weighted by atomic mass is 19.1. The van der Waals surface area contributed by atoms with Crippen LogP contribution in [0.15, 0.2) is 18.2 Å². The number of halogens is 1. The van der Waals surface area contributed by atoms with Crippen LogP contribution in [0.2, 0.25) is 0 Å². The average Bonchev–Trinajstić information content (AvgIpc) is 2.30. The molecule has 0 atom stereocenters. The summed E-state index contributed by atoms with van der Waals surface area (Å²) in [6.07, 6.45) is 3.31. The molecule has 1 aromatic rings. The van der Waals surface area contributed by atoms with Gasteiger partial charge in [-0.25, -0.2) is 4.39 Å². The molecule has 0 heterocycles. The molecule has 0 spiro atoms. The van der Waals surface area contributed by atoms with Gasteiger partial charge in [-0.3, -0.25) is 4.79 Å². The van der Waals surface area contributed by atoms with Crippen molar-refractivity contribution in [2.75, 3.05) is 26.4 Å². The van der Waals surface area contributed by atoms with Crippen LogP contribution in [0, 0.1) is 5.82 Å². The molecule has 1 saturated carbocycles. The topological polar surface area (TPSA) is 58.4 Å². The van der Waals surface area contributed by atoms with Crippen molar-refractivity contribution in [3.8, 4) is 0 Å². The fourth-order valence-electron chi connectivity index (χ4n) is 2.44. The number of carbonyl (C=O) groups excluding carboxylic acids is 1. The summed E-state index contributed by atoms with van der Waals surface area (Å²) < 4.78 is 13.3. The van der Waals surface area contributed by atoms with Crippen molar-refractivity contribution in [2.24, 2.45) is 0 Å². The fraction of sp³-hybridized carbons (Fsp3) is 0.500. The first-order chi connectivity index (χ1) is 8.96. The second-order valence-electron chi connectivity index (χ2n) is 5.36. The number of benzene rings is 1. The number of carbonyl (C=O) groups is 1. The molecule has 5 heteroatoms. The van der Waals surface area contributed by atoms with Crippen molar-refractivity contribution in [1.29, 1.82) is 0 Å². The number of likely N-dealkylation sites (N-methyl/N-ethyl adjacent to an activating group) is 1. The predicted octanol–water partition coefficient (Wildman–Crippen LogP) is 1.62. The molecule has 2 rings (SSSR count). The van der Waals surface area contributed by atoms with Crippen LogP contribution in [0.5, 0.6) is 0 Å². The van der Waals surface area contributed by atoms with Gasteiger partial charge in [-0.15, -0.1) is 0 Å². The van der Waals surface area contributed by atoms with E-state index in [1.807, 2.05) is 14.1 Å². The van der Waals surface area contributed by atoms with Crippen molar-refractivity contribution in [1.82, 2.24) is 10.2 Å². The lowest BCUT2D eigenvalue weighted by molar-refractivity contribution is 0.0558. The molecule has 4 nitrogen and oxygen atoms in total. The van der Waals surface area contributed by atoms with Crippen LogP contribution >= 0.6 is 0 Å². The minimum atomic E-state index is -0.557. The summed E-state index contributed by atoms with van der Waals surface area (Å²) in [4.78, 5) is 14.2. The molecule has 1 aromatic carbocycles. The Bertz CT molecular complexity index is 484. The zero-order valence-electron chi connectivity index (χ0n) is 11.4. The van der Waals surface area contributed by atoms with Gasteiger partial charge in [-0.2, -0.15) is 0 Å². The number of nitrogens with zero attached hydrogens (tertiary/aromatic N) is 1. The van der Waals surface area contributed by atoms with E-state index in [4.69, 9.17) is 5.73 Å². The first-order valence-electron chi connectivity index (χ1n) is 6.46. The molecule has 0 unspecified atom stereocenters. The van der Waals surface area contributed by atoms with Crippen LogP contribution < -0.4 is 11.1 Å². The third-order valence-electron chi connectivity index (χ3n) is 4.11. The summed E-state index contributed by atoms with van der Waals surface area (Å²) in [5, 5.41) is 2.86. The zero-order valence-corrected chi connectivity index (χ0v) is 11.4. The molecule has 3 N–H and O–H groups in total. The Labute approximate surface area is 112 Å². The quantitative estimate of drug-likeness (QED) is 0.813. The lowest BCUT2D eigenvalue weighted by Crippen LogP contribution is -2.57. The van der Waals surface area contributed by atoms with E-state index >= 15 is 0 Å². The van der Waals surface area contributed by atoms with E-state index in [9.17, 15) is 9.18 Å². The molecule has 0 radical (unpaired) electrons. The monoisotopic (exact) mass is 265 g/mol. The number of amides is 1. The average molecular weight is 265 g/mol. The molecule has 1 aliphatic carbocycles. The lowest BCUT2D eigenvalue weighted by Gasteiger charge is -2.47. The smallest absolute Gasteiger partial charge is 0.253 e. The van der Waals surface area contributed by atoms with Crippen LogP contribution in [0.1, 0.15) is 29.6 Å². The van der Waals surface area contributed by atoms with Gasteiger partial charge in [-0.05, 0) is 45.5 Å². The Kier molecular flexibility index (Phi) is 3.75. The molecule has 104 valence electrons. The Morgan fingerprint density at radius 3 is 2.68 bits per heavy atom. The number of anilines is 1. The summed E-state index contributed by atoms with van der Waals surface area (Å²) in [6, 6.07) is 4.28. The Morgan fingerprint density at radius 1 is 1.47 bits per heavy atom. The van der Waals surface area contributed by atoms with E-state index in [0.29, 0.717) is 6.54 Å². The van der Waals surface area contributed by atoms with Gasteiger partial charge >= 0.3 is 0 Å². The molecule has 0 saturated heterocycles. The first kappa shape index (κ1) is 13.8. The normalized spacial score (nSPS) is 17.1. The van der Waals surface area contributed by atoms with E-state index < -0.39 is 5.82 Å². The maximum atomic E-state index is 13.3. The number of hydrogen-bond donors (Lipinski definition) is 2. The molecule has 0 aliphatic heterocycles. The summed E-state index contributed by atoms with van der Waals surface area (Å²) in [6.45, 7) is 0.564. The molecule has 0 aromatic heterocycles. The molecule has 1 aliphatic rings. The minimum Gasteiger partial charge on any atom is -0.396 e. The summed E-state index contributed by atoms with van der Waals surface area (Å²) in [5.74, 6) is -0.872. The van der Waals surface area contributed by atoms with Crippen molar-refractivity contribution in [3.63, 3.8) is 0 Å². The molecule has 19 heavy (non-hydrogen) atoms. The molecule has 1 fully saturated rings. The largest absolute Gasteiger partial charge is 0.396 e. The number of rotatable bonds is 4. The maximum absolute atomic E-state index is 13.3. The van der Waals surface area contributed by atoms with Gasteiger partial charge in [-0.1, -0.05) is 6.07 Å². The minimum absolute atomic E-state index is 0.0394. The SMILES string of the molecule is CN(C)C1(CNC(=O)c2cccc(F)c2N)CCC1. The van der Waals surface area contributed by atoms with E-state index in [-0.39, 0.29) is 22.7 Å². The third kappa shape index (κ3) is 2.56. The van der Waals surface area contributed by atoms with Gasteiger partial charge in [0.2, 0.25) is 0 Å². The van der Waals surface area contributed by atoms with E-state index in [0.717, 1.165) is 12.8 Å². The van der Waals surface area contributed by atoms with Gasteiger partial charge in [0, 0.05) is 12.1 Å². The van der Waals surface area contributed by atoms with Crippen LogP contribution in [-0.4, -0.2) is 37.0 Å². The van der Waals surface area contributed by atoms with Gasteiger partial charge < -0.3 is 16.0 Å². The Hall–Kier alpha value is -1.62. The fourth-order valence-corrected chi connectivity index (χ4v) is 2.44. The zero-order chi connectivity index (χ0) is 14.0. The molecule has 1 amide bonds. The number of nitrogens with two attached hydrogens (primary N) is 1. The van der Waals surface area contributed by atoms with E-state index in [1.165, 1.54) is 24.6 Å². The Balaban J connectivity index is 2.04. The molecular weight excluding hydrogens is 245 g/mol. The lowest BCUT2D eigenvalue weighted by atomic mass is 9.75. The summed E-state index contributed by atoms with van der Waals surface area (Å²) in [7, 11) is 4.03. The standard InChI is InChI=1S/C14H20FN3O/c1-18(2)14(7-4-8-14)9-17-13(19)10-5-3-6-11(15)12(10)16/h3,5-6H,4,7-9,16H2,1-2H3,(H,17,19). The first-order valence-corrected chi connectivity index (χ1v) is 6.46. The van der Waals surface area contributed by atoms with Crippen molar-refractivity contribution >= 4 is 11.6 Å². The number of hydrogen-bond acceptors (Lipinski definition) is 3. The van der Waals surface area contributed by atoms with Crippen molar-refractivity contribution < 1.29 is 9.18 Å². The van der Waals surface area contributed by atoms with Crippen LogP contribution in [0.3, 0.4) is 0 Å². The van der Waals surface area contributed by atoms with Crippen LogP contribution in [-0.2, 0) is 0 Å². The van der Waals surface area contributed by atoms with E-state index in [1.54, 1.807) is 0 Å². The Morgan fingerprint density at radius 2 is 2.16 bits per heavy atom. The van der Waals surface area contributed by atoms with Gasteiger partial charge in [0.1, 0.15) is 5.82 Å². The molecular formula is C14H20FN3O. The summed E-state index contributed by atoms with van der Waals surface area (Å²) >= 11 is 0. The third-order valence-corrected chi connectivity index (χ3v) is 4.11.